The Morgan fingerprint density at radius 3 is 2.71 bits per heavy atom. The topological polar surface area (TPSA) is 41.1 Å². The average Bonchev–Trinajstić information content (AvgIpc) is 2.14. The first-order valence-corrected chi connectivity index (χ1v) is 6.37. The molecule has 4 heteroatoms. The third kappa shape index (κ3) is 9.86. The minimum Gasteiger partial charge on any atom is -0.355 e. The lowest BCUT2D eigenvalue weighted by molar-refractivity contribution is -0.120. The van der Waals surface area contributed by atoms with Gasteiger partial charge < -0.3 is 10.6 Å². The van der Waals surface area contributed by atoms with Gasteiger partial charge in [-0.15, -0.1) is 0 Å². The largest absolute Gasteiger partial charge is 0.355 e. The fourth-order valence-electron chi connectivity index (χ4n) is 0.871. The lowest BCUT2D eigenvalue weighted by Gasteiger charge is -2.08. The molecule has 0 saturated carbocycles. The molecule has 0 bridgehead atoms. The van der Waals surface area contributed by atoms with E-state index in [4.69, 9.17) is 0 Å². The highest BCUT2D eigenvalue weighted by atomic mass is 32.2. The maximum absolute atomic E-state index is 11.2. The number of hydrogen-bond donors (Lipinski definition) is 2. The second-order valence-corrected chi connectivity index (χ2v) is 4.97. The molecule has 0 aliphatic heterocycles. The molecule has 2 N–H and O–H groups in total. The van der Waals surface area contributed by atoms with Crippen LogP contribution in [0.1, 0.15) is 20.8 Å². The third-order valence-electron chi connectivity index (χ3n) is 1.62. The molecule has 84 valence electrons. The minimum absolute atomic E-state index is 0.0974. The van der Waals surface area contributed by atoms with Gasteiger partial charge in [-0.05, 0) is 11.7 Å². The Bertz CT molecular complexity index is 151. The fourth-order valence-corrected chi connectivity index (χ4v) is 1.45. The molecule has 0 aromatic heterocycles. The summed E-state index contributed by atoms with van der Waals surface area (Å²) in [5.41, 5.74) is 0. The van der Waals surface area contributed by atoms with Crippen LogP contribution in [0.4, 0.5) is 0 Å². The normalized spacial score (nSPS) is 10.6. The van der Waals surface area contributed by atoms with Crippen molar-refractivity contribution in [1.29, 1.82) is 0 Å². The Hall–Kier alpha value is -0.220. The first kappa shape index (κ1) is 13.8. The van der Waals surface area contributed by atoms with Gasteiger partial charge in [0.15, 0.2) is 0 Å². The number of thioether (sulfide) groups is 1. The van der Waals surface area contributed by atoms with Crippen molar-refractivity contribution in [2.45, 2.75) is 20.8 Å². The van der Waals surface area contributed by atoms with Crippen molar-refractivity contribution in [3.63, 3.8) is 0 Å². The molecule has 0 saturated heterocycles. The molecule has 0 radical (unpaired) electrons. The summed E-state index contributed by atoms with van der Waals surface area (Å²) in [6.07, 6.45) is 0. The molecule has 0 fully saturated rings. The predicted molar refractivity (Wildman–Crippen MR) is 63.7 cm³/mol. The van der Waals surface area contributed by atoms with Crippen LogP contribution < -0.4 is 10.6 Å². The SMILES string of the molecule is CCSCCNCC(=O)NCC(C)C. The van der Waals surface area contributed by atoms with E-state index < -0.39 is 0 Å². The minimum atomic E-state index is 0.0974. The van der Waals surface area contributed by atoms with Crippen molar-refractivity contribution in [3.8, 4) is 0 Å². The summed E-state index contributed by atoms with van der Waals surface area (Å²) in [7, 11) is 0. The first-order valence-electron chi connectivity index (χ1n) is 5.22. The highest BCUT2D eigenvalue weighted by Gasteiger charge is 2.00. The molecule has 0 aliphatic rings. The van der Waals surface area contributed by atoms with Crippen LogP contribution in [-0.4, -0.2) is 37.0 Å². The highest BCUT2D eigenvalue weighted by molar-refractivity contribution is 7.99. The van der Waals surface area contributed by atoms with Crippen LogP contribution in [0.2, 0.25) is 0 Å². The van der Waals surface area contributed by atoms with E-state index in [1.54, 1.807) is 0 Å². The van der Waals surface area contributed by atoms with Crippen LogP contribution in [0.25, 0.3) is 0 Å². The molecule has 0 rings (SSSR count). The van der Waals surface area contributed by atoms with E-state index in [2.05, 4.69) is 31.4 Å². The molecule has 0 heterocycles. The van der Waals surface area contributed by atoms with Crippen LogP contribution in [0.15, 0.2) is 0 Å². The first-order chi connectivity index (χ1) is 6.66. The maximum atomic E-state index is 11.2. The molecule has 0 aromatic rings. The van der Waals surface area contributed by atoms with Crippen molar-refractivity contribution in [1.82, 2.24) is 10.6 Å². The fraction of sp³-hybridized carbons (Fsp3) is 0.900. The summed E-state index contributed by atoms with van der Waals surface area (Å²) >= 11 is 1.88. The quantitative estimate of drug-likeness (QED) is 0.600. The molecular formula is C10H22N2OS. The second-order valence-electron chi connectivity index (χ2n) is 3.57. The predicted octanol–water partition coefficient (Wildman–Crippen LogP) is 1.10. The van der Waals surface area contributed by atoms with Gasteiger partial charge in [-0.3, -0.25) is 4.79 Å². The Morgan fingerprint density at radius 1 is 1.43 bits per heavy atom. The smallest absolute Gasteiger partial charge is 0.233 e. The van der Waals surface area contributed by atoms with E-state index >= 15 is 0 Å². The van der Waals surface area contributed by atoms with Gasteiger partial charge in [0, 0.05) is 18.8 Å². The molecule has 0 aromatic carbocycles. The molecule has 1 amide bonds. The van der Waals surface area contributed by atoms with Gasteiger partial charge in [0.05, 0.1) is 6.54 Å². The van der Waals surface area contributed by atoms with E-state index in [0.717, 1.165) is 24.6 Å². The van der Waals surface area contributed by atoms with E-state index in [9.17, 15) is 4.79 Å². The zero-order chi connectivity index (χ0) is 10.8. The van der Waals surface area contributed by atoms with Crippen molar-refractivity contribution < 1.29 is 4.79 Å². The number of hydrogen-bond acceptors (Lipinski definition) is 3. The Labute approximate surface area is 91.4 Å². The van der Waals surface area contributed by atoms with E-state index in [0.29, 0.717) is 12.5 Å². The van der Waals surface area contributed by atoms with Gasteiger partial charge in [0.25, 0.3) is 0 Å². The third-order valence-corrected chi connectivity index (χ3v) is 2.52. The zero-order valence-corrected chi connectivity index (χ0v) is 10.2. The van der Waals surface area contributed by atoms with Crippen LogP contribution in [-0.2, 0) is 4.79 Å². The van der Waals surface area contributed by atoms with Gasteiger partial charge in [-0.25, -0.2) is 0 Å². The van der Waals surface area contributed by atoms with Gasteiger partial charge in [0.2, 0.25) is 5.91 Å². The molecule has 0 aliphatic carbocycles. The highest BCUT2D eigenvalue weighted by Crippen LogP contribution is 1.94. The maximum Gasteiger partial charge on any atom is 0.233 e. The summed E-state index contributed by atoms with van der Waals surface area (Å²) in [6.45, 7) is 8.44. The second kappa shape index (κ2) is 9.34. The van der Waals surface area contributed by atoms with Gasteiger partial charge in [0.1, 0.15) is 0 Å². The Balaban J connectivity index is 3.18. The molecule has 0 unspecified atom stereocenters. The molecule has 0 spiro atoms. The Kier molecular flexibility index (Phi) is 9.19. The van der Waals surface area contributed by atoms with Gasteiger partial charge in [-0.1, -0.05) is 20.8 Å². The van der Waals surface area contributed by atoms with Crippen molar-refractivity contribution in [3.05, 3.63) is 0 Å². The molecular weight excluding hydrogens is 196 g/mol. The van der Waals surface area contributed by atoms with Crippen molar-refractivity contribution in [2.24, 2.45) is 5.92 Å². The summed E-state index contributed by atoms with van der Waals surface area (Å²) in [4.78, 5) is 11.2. The van der Waals surface area contributed by atoms with Crippen molar-refractivity contribution >= 4 is 17.7 Å². The summed E-state index contributed by atoms with van der Waals surface area (Å²) in [6, 6.07) is 0. The summed E-state index contributed by atoms with van der Waals surface area (Å²) in [5.74, 6) is 2.84. The lowest BCUT2D eigenvalue weighted by atomic mass is 10.2. The number of carbonyl (C=O) groups excluding carboxylic acids is 1. The lowest BCUT2D eigenvalue weighted by Crippen LogP contribution is -2.36. The standard InChI is InChI=1S/C10H22N2OS/c1-4-14-6-5-11-8-10(13)12-7-9(2)3/h9,11H,4-8H2,1-3H3,(H,12,13). The van der Waals surface area contributed by atoms with Crippen LogP contribution in [0.5, 0.6) is 0 Å². The van der Waals surface area contributed by atoms with Crippen molar-refractivity contribution in [2.75, 3.05) is 31.1 Å². The van der Waals surface area contributed by atoms with Gasteiger partial charge >= 0.3 is 0 Å². The summed E-state index contributed by atoms with van der Waals surface area (Å²) < 4.78 is 0. The molecule has 3 nitrogen and oxygen atoms in total. The number of rotatable bonds is 8. The average molecular weight is 218 g/mol. The van der Waals surface area contributed by atoms with Crippen LogP contribution in [0.3, 0.4) is 0 Å². The molecule has 14 heavy (non-hydrogen) atoms. The Morgan fingerprint density at radius 2 is 2.14 bits per heavy atom. The monoisotopic (exact) mass is 218 g/mol. The van der Waals surface area contributed by atoms with Gasteiger partial charge in [-0.2, -0.15) is 11.8 Å². The van der Waals surface area contributed by atoms with Crippen LogP contribution >= 0.6 is 11.8 Å². The number of nitrogens with one attached hydrogen (secondary N) is 2. The van der Waals surface area contributed by atoms with Crippen LogP contribution in [0, 0.1) is 5.92 Å². The number of amides is 1. The zero-order valence-electron chi connectivity index (χ0n) is 9.43. The molecule has 0 atom stereocenters. The van der Waals surface area contributed by atoms with E-state index in [-0.39, 0.29) is 5.91 Å². The van der Waals surface area contributed by atoms with E-state index in [1.165, 1.54) is 0 Å². The van der Waals surface area contributed by atoms with E-state index in [1.807, 2.05) is 11.8 Å². The number of carbonyl (C=O) groups is 1. The summed E-state index contributed by atoms with van der Waals surface area (Å²) in [5, 5.41) is 5.98.